The molecule has 0 aliphatic rings. The van der Waals surface area contributed by atoms with Crippen molar-refractivity contribution in [1.29, 1.82) is 0 Å². The maximum Gasteiger partial charge on any atom is 0.357 e. The molecule has 9 nitrogen and oxygen atoms in total. The van der Waals surface area contributed by atoms with Crippen LogP contribution in [0.1, 0.15) is 15.9 Å². The summed E-state index contributed by atoms with van der Waals surface area (Å²) in [6.45, 7) is 0. The first kappa shape index (κ1) is 30.3. The number of hydrogen-bond donors (Lipinski definition) is 3. The number of carbonyl (C=O) groups is 2. The van der Waals surface area contributed by atoms with E-state index >= 15 is 0 Å². The van der Waals surface area contributed by atoms with Crippen molar-refractivity contribution in [3.8, 4) is 5.75 Å². The number of ether oxygens (including phenoxy) is 2. The van der Waals surface area contributed by atoms with Crippen LogP contribution in [0.2, 0.25) is 0 Å². The van der Waals surface area contributed by atoms with Crippen LogP contribution in [-0.4, -0.2) is 45.5 Å². The molecule has 220 valence electrons. The molecule has 0 saturated heterocycles. The summed E-state index contributed by atoms with van der Waals surface area (Å²) in [6, 6.07) is 27.6. The number of para-hydroxylation sites is 1. The number of methoxy groups -OCH3 is 2. The van der Waals surface area contributed by atoms with Crippen LogP contribution in [0.4, 0.5) is 5.69 Å². The van der Waals surface area contributed by atoms with Crippen molar-refractivity contribution in [1.82, 2.24) is 9.71 Å². The van der Waals surface area contributed by atoms with Crippen LogP contribution in [0, 0.1) is 7.14 Å². The summed E-state index contributed by atoms with van der Waals surface area (Å²) in [5.41, 5.74) is 2.58. The fourth-order valence-electron chi connectivity index (χ4n) is 4.44. The van der Waals surface area contributed by atoms with Crippen LogP contribution in [0.3, 0.4) is 0 Å². The van der Waals surface area contributed by atoms with Crippen LogP contribution in [0.25, 0.3) is 10.9 Å². The van der Waals surface area contributed by atoms with Crippen molar-refractivity contribution in [2.45, 2.75) is 17.4 Å². The molecule has 0 aliphatic heterocycles. The van der Waals surface area contributed by atoms with Crippen LogP contribution in [-0.2, 0) is 26.0 Å². The van der Waals surface area contributed by atoms with Gasteiger partial charge in [0.15, 0.2) is 7.14 Å². The number of sulfonamides is 1. The Labute approximate surface area is 259 Å². The molecule has 43 heavy (non-hydrogen) atoms. The molecule has 0 saturated carbocycles. The van der Waals surface area contributed by atoms with Crippen LogP contribution in [0.5, 0.6) is 5.75 Å². The van der Waals surface area contributed by atoms with Crippen molar-refractivity contribution in [3.63, 3.8) is 0 Å². The van der Waals surface area contributed by atoms with Crippen molar-refractivity contribution in [3.05, 3.63) is 122 Å². The number of fused-ring (bicyclic) bond motifs is 1. The van der Waals surface area contributed by atoms with E-state index in [9.17, 15) is 18.0 Å². The second-order valence-electron chi connectivity index (χ2n) is 9.50. The predicted molar refractivity (Wildman–Crippen MR) is 159 cm³/mol. The largest absolute Gasteiger partial charge is 0.497 e. The highest BCUT2D eigenvalue weighted by atomic mass is 127. The van der Waals surface area contributed by atoms with Gasteiger partial charge in [-0.05, 0) is 84.4 Å². The van der Waals surface area contributed by atoms with Crippen molar-refractivity contribution < 1.29 is 48.7 Å². The quantitative estimate of drug-likeness (QED) is 0.141. The number of halogens is 1. The molecule has 5 aromatic rings. The summed E-state index contributed by atoms with van der Waals surface area (Å²) in [7, 11) is -1.23. The summed E-state index contributed by atoms with van der Waals surface area (Å²) in [5.74, 6) is -0.198. The minimum atomic E-state index is -4.08. The van der Waals surface area contributed by atoms with Gasteiger partial charge in [0.05, 0.1) is 19.1 Å². The maximum absolute atomic E-state index is 13.2. The summed E-state index contributed by atoms with van der Waals surface area (Å²) in [4.78, 5) is 28.4. The van der Waals surface area contributed by atoms with Crippen LogP contribution >= 0.6 is 0 Å². The van der Waals surface area contributed by atoms with Gasteiger partial charge in [-0.1, -0.05) is 18.2 Å². The fourth-order valence-corrected chi connectivity index (χ4v) is 7.78. The molecular formula is C32H29IN3O6S+. The molecule has 0 bridgehead atoms. The van der Waals surface area contributed by atoms with Crippen molar-refractivity contribution >= 4 is 38.5 Å². The van der Waals surface area contributed by atoms with Gasteiger partial charge in [-0.15, -0.1) is 0 Å². The number of hydrogen-bond acceptors (Lipinski definition) is 6. The van der Waals surface area contributed by atoms with Crippen molar-refractivity contribution in [2.75, 3.05) is 19.5 Å². The van der Waals surface area contributed by atoms with E-state index in [4.69, 9.17) is 9.47 Å². The SMILES string of the molecule is COC(=O)[C@@H](Cc1c[nH]c2ccccc12)NS(=O)(=O)c1ccc(NC(=O)c2ccc([I+]c3ccc(OC)cc3)cc2)cc1. The monoisotopic (exact) mass is 710 g/mol. The molecule has 5 rings (SSSR count). The van der Waals surface area contributed by atoms with Gasteiger partial charge in [0.2, 0.25) is 10.0 Å². The van der Waals surface area contributed by atoms with Gasteiger partial charge in [-0.2, -0.15) is 4.72 Å². The Balaban J connectivity index is 1.22. The number of amides is 1. The van der Waals surface area contributed by atoms with Gasteiger partial charge >= 0.3 is 27.2 Å². The molecule has 1 heterocycles. The van der Waals surface area contributed by atoms with E-state index in [2.05, 4.69) is 15.0 Å². The second kappa shape index (κ2) is 13.4. The van der Waals surface area contributed by atoms with E-state index < -0.39 is 43.2 Å². The third-order valence-corrected chi connectivity index (χ3v) is 10.9. The zero-order valence-electron chi connectivity index (χ0n) is 23.3. The summed E-state index contributed by atoms with van der Waals surface area (Å²) < 4.78 is 41.3. The summed E-state index contributed by atoms with van der Waals surface area (Å²) >= 11 is -0.400. The number of H-pyrrole nitrogens is 1. The van der Waals surface area contributed by atoms with Gasteiger partial charge in [0, 0.05) is 34.8 Å². The number of nitrogens with one attached hydrogen (secondary N) is 3. The number of aromatic amines is 1. The highest BCUT2D eigenvalue weighted by molar-refractivity contribution is 7.89. The lowest BCUT2D eigenvalue weighted by atomic mass is 10.1. The van der Waals surface area contributed by atoms with Crippen molar-refractivity contribution in [2.24, 2.45) is 0 Å². The third-order valence-electron chi connectivity index (χ3n) is 6.68. The molecule has 0 aliphatic carbocycles. The Morgan fingerprint density at radius 1 is 0.860 bits per heavy atom. The molecule has 0 unspecified atom stereocenters. The molecule has 0 spiro atoms. The summed E-state index contributed by atoms with van der Waals surface area (Å²) in [5, 5.41) is 3.69. The topological polar surface area (TPSA) is 127 Å². The fraction of sp³-hybridized carbons (Fsp3) is 0.125. The first-order valence-electron chi connectivity index (χ1n) is 13.2. The average molecular weight is 711 g/mol. The number of carbonyl (C=O) groups excluding carboxylic acids is 2. The highest BCUT2D eigenvalue weighted by Gasteiger charge is 2.28. The third kappa shape index (κ3) is 7.42. The molecule has 3 N–H and O–H groups in total. The standard InChI is InChI=1S/C32H28IN3O6S/c1-41-26-15-11-24(12-16-26)33-23-9-7-21(8-10-23)31(37)35-25-13-17-27(18-14-25)43(39,40)36-30(32(38)42-2)19-22-20-34-29-6-4-3-5-28(22)29/h3-18,20,30,34,36H,19H2,1-2H3/p+1/t30-/m1/s1. The Kier molecular flexibility index (Phi) is 9.43. The number of aromatic nitrogens is 1. The predicted octanol–water partition coefficient (Wildman–Crippen LogP) is 1.62. The van der Waals surface area contributed by atoms with Gasteiger partial charge in [0.25, 0.3) is 5.91 Å². The van der Waals surface area contributed by atoms with E-state index in [1.807, 2.05) is 60.7 Å². The minimum absolute atomic E-state index is 0.0508. The van der Waals surface area contributed by atoms with Crippen LogP contribution in [0.15, 0.2) is 108 Å². The lowest BCUT2D eigenvalue weighted by molar-refractivity contribution is -0.597. The van der Waals surface area contributed by atoms with E-state index in [0.29, 0.717) is 11.3 Å². The molecular weight excluding hydrogens is 681 g/mol. The molecule has 1 atom stereocenters. The number of rotatable bonds is 11. The number of benzene rings is 4. The van der Waals surface area contributed by atoms with E-state index in [1.54, 1.807) is 25.4 Å². The smallest absolute Gasteiger partial charge is 0.357 e. The number of esters is 1. The molecule has 1 amide bonds. The van der Waals surface area contributed by atoms with E-state index in [-0.39, 0.29) is 17.2 Å². The second-order valence-corrected chi connectivity index (χ2v) is 14.2. The Hall–Kier alpha value is -4.20. The molecule has 0 radical (unpaired) electrons. The zero-order chi connectivity index (χ0) is 30.4. The van der Waals surface area contributed by atoms with Gasteiger partial charge in [-0.25, -0.2) is 8.42 Å². The van der Waals surface area contributed by atoms with Gasteiger partial charge < -0.3 is 19.8 Å². The highest BCUT2D eigenvalue weighted by Crippen LogP contribution is 2.21. The maximum atomic E-state index is 13.2. The van der Waals surface area contributed by atoms with Gasteiger partial charge in [-0.3, -0.25) is 9.59 Å². The average Bonchev–Trinajstić information content (AvgIpc) is 3.44. The zero-order valence-corrected chi connectivity index (χ0v) is 26.3. The first-order valence-corrected chi connectivity index (χ1v) is 16.9. The lowest BCUT2D eigenvalue weighted by Crippen LogP contribution is -3.61. The lowest BCUT2D eigenvalue weighted by Gasteiger charge is -2.17. The van der Waals surface area contributed by atoms with Crippen LogP contribution < -0.4 is 36.0 Å². The molecule has 1 aromatic heterocycles. The van der Waals surface area contributed by atoms with Gasteiger partial charge in [0.1, 0.15) is 11.8 Å². The minimum Gasteiger partial charge on any atom is -0.497 e. The van der Waals surface area contributed by atoms with E-state index in [1.165, 1.54) is 34.9 Å². The Bertz CT molecular complexity index is 1840. The number of anilines is 1. The Morgan fingerprint density at radius 3 is 2.16 bits per heavy atom. The molecule has 11 heteroatoms. The first-order chi connectivity index (χ1) is 20.8. The Morgan fingerprint density at radius 2 is 1.51 bits per heavy atom. The molecule has 0 fully saturated rings. The normalized spacial score (nSPS) is 12.0. The summed E-state index contributed by atoms with van der Waals surface area (Å²) in [6.07, 6.45) is 1.85. The molecule has 4 aromatic carbocycles. The van der Waals surface area contributed by atoms with E-state index in [0.717, 1.165) is 25.8 Å².